The zero-order valence-corrected chi connectivity index (χ0v) is 5.24. The lowest BCUT2D eigenvalue weighted by Crippen LogP contribution is -2.32. The Bertz CT molecular complexity index is 130. The molecule has 0 amide bonds. The maximum absolute atomic E-state index is 8.94. The van der Waals surface area contributed by atoms with Gasteiger partial charge in [-0.15, -0.1) is 0 Å². The van der Waals surface area contributed by atoms with Crippen molar-refractivity contribution < 1.29 is 14.9 Å². The van der Waals surface area contributed by atoms with Crippen molar-refractivity contribution >= 4 is 0 Å². The van der Waals surface area contributed by atoms with E-state index >= 15 is 0 Å². The Hall–Kier alpha value is -0.540. The molecular weight excluding hydrogens is 120 g/mol. The molecule has 0 saturated heterocycles. The summed E-state index contributed by atoms with van der Waals surface area (Å²) in [7, 11) is 0. The zero-order valence-electron chi connectivity index (χ0n) is 5.24. The van der Waals surface area contributed by atoms with Crippen molar-refractivity contribution in [2.24, 2.45) is 0 Å². The molecule has 2 N–H and O–H groups in total. The van der Waals surface area contributed by atoms with Crippen molar-refractivity contribution in [3.63, 3.8) is 0 Å². The molecule has 0 saturated carbocycles. The van der Waals surface area contributed by atoms with Gasteiger partial charge < -0.3 is 14.9 Å². The van der Waals surface area contributed by atoms with Crippen LogP contribution in [0.1, 0.15) is 6.92 Å². The van der Waals surface area contributed by atoms with E-state index in [0.29, 0.717) is 5.76 Å². The van der Waals surface area contributed by atoms with Gasteiger partial charge in [0.1, 0.15) is 18.8 Å². The fraction of sp³-hybridized carbons (Fsp3) is 0.667. The predicted molar refractivity (Wildman–Crippen MR) is 31.7 cm³/mol. The van der Waals surface area contributed by atoms with Gasteiger partial charge in [-0.3, -0.25) is 0 Å². The molecule has 0 radical (unpaired) electrons. The average molecular weight is 130 g/mol. The van der Waals surface area contributed by atoms with Crippen molar-refractivity contribution in [2.75, 3.05) is 6.61 Å². The van der Waals surface area contributed by atoms with Crippen LogP contribution in [0.2, 0.25) is 0 Å². The van der Waals surface area contributed by atoms with Crippen LogP contribution in [0.15, 0.2) is 11.8 Å². The van der Waals surface area contributed by atoms with Gasteiger partial charge in [0.15, 0.2) is 0 Å². The van der Waals surface area contributed by atoms with Crippen LogP contribution in [-0.4, -0.2) is 29.0 Å². The van der Waals surface area contributed by atoms with Crippen LogP contribution in [0.5, 0.6) is 0 Å². The Morgan fingerprint density at radius 2 is 2.33 bits per heavy atom. The molecule has 9 heavy (non-hydrogen) atoms. The van der Waals surface area contributed by atoms with E-state index in [4.69, 9.17) is 14.9 Å². The summed E-state index contributed by atoms with van der Waals surface area (Å²) in [5, 5.41) is 17.8. The first-order chi connectivity index (χ1) is 4.20. The molecule has 0 aliphatic carbocycles. The van der Waals surface area contributed by atoms with Crippen molar-refractivity contribution in [1.82, 2.24) is 0 Å². The summed E-state index contributed by atoms with van der Waals surface area (Å²) in [5.74, 6) is 0.674. The molecule has 0 spiro atoms. The van der Waals surface area contributed by atoms with Gasteiger partial charge in [-0.1, -0.05) is 0 Å². The minimum Gasteiger partial charge on any atom is -0.496 e. The smallest absolute Gasteiger partial charge is 0.117 e. The van der Waals surface area contributed by atoms with Gasteiger partial charge in [0.25, 0.3) is 0 Å². The van der Waals surface area contributed by atoms with Crippen LogP contribution in [0, 0.1) is 0 Å². The van der Waals surface area contributed by atoms with E-state index < -0.39 is 12.2 Å². The Morgan fingerprint density at radius 3 is 2.78 bits per heavy atom. The summed E-state index contributed by atoms with van der Waals surface area (Å²) in [4.78, 5) is 0. The van der Waals surface area contributed by atoms with E-state index in [9.17, 15) is 0 Å². The largest absolute Gasteiger partial charge is 0.496 e. The quantitative estimate of drug-likeness (QED) is 0.471. The maximum atomic E-state index is 8.94. The van der Waals surface area contributed by atoms with Crippen molar-refractivity contribution in [3.05, 3.63) is 11.8 Å². The number of aliphatic hydroxyl groups is 2. The normalized spacial score (nSPS) is 35.2. The van der Waals surface area contributed by atoms with Gasteiger partial charge in [-0.05, 0) is 13.0 Å². The van der Waals surface area contributed by atoms with Crippen LogP contribution in [0.3, 0.4) is 0 Å². The maximum Gasteiger partial charge on any atom is 0.117 e. The summed E-state index contributed by atoms with van der Waals surface area (Å²) < 4.78 is 4.91. The number of rotatable bonds is 0. The summed E-state index contributed by atoms with van der Waals surface area (Å²) in [6.45, 7) is 1.94. The molecule has 0 aromatic carbocycles. The monoisotopic (exact) mass is 130 g/mol. The van der Waals surface area contributed by atoms with Gasteiger partial charge in [0.2, 0.25) is 0 Å². The van der Waals surface area contributed by atoms with E-state index in [1.807, 2.05) is 0 Å². The molecule has 0 aromatic heterocycles. The number of aliphatic hydroxyl groups excluding tert-OH is 2. The Balaban J connectivity index is 2.58. The minimum atomic E-state index is -0.756. The lowest BCUT2D eigenvalue weighted by atomic mass is 10.1. The highest BCUT2D eigenvalue weighted by Crippen LogP contribution is 2.09. The Labute approximate surface area is 53.6 Å². The fourth-order valence-corrected chi connectivity index (χ4v) is 0.715. The van der Waals surface area contributed by atoms with Gasteiger partial charge in [0, 0.05) is 0 Å². The summed E-state index contributed by atoms with van der Waals surface area (Å²) in [6.07, 6.45) is -0.0128. The molecule has 0 bridgehead atoms. The molecular formula is C6H10O3. The van der Waals surface area contributed by atoms with E-state index in [2.05, 4.69) is 0 Å². The van der Waals surface area contributed by atoms with Crippen LogP contribution in [0.25, 0.3) is 0 Å². The Kier molecular flexibility index (Phi) is 1.73. The van der Waals surface area contributed by atoms with Gasteiger partial charge in [0.05, 0.1) is 5.76 Å². The summed E-state index contributed by atoms with van der Waals surface area (Å²) in [6, 6.07) is 0. The highest BCUT2D eigenvalue weighted by molar-refractivity contribution is 5.00. The summed E-state index contributed by atoms with van der Waals surface area (Å²) >= 11 is 0. The standard InChI is InChI=1S/C6H10O3/c1-4-2-5(7)6(8)3-9-4/h2,5-8H,3H2,1H3/t5-,6?/m1/s1. The van der Waals surface area contributed by atoms with E-state index in [-0.39, 0.29) is 6.61 Å². The third-order valence-electron chi connectivity index (χ3n) is 1.28. The van der Waals surface area contributed by atoms with Crippen molar-refractivity contribution in [2.45, 2.75) is 19.1 Å². The van der Waals surface area contributed by atoms with Crippen LogP contribution in [-0.2, 0) is 4.74 Å². The SMILES string of the molecule is CC1=C[C@@H](O)C(O)CO1. The first-order valence-corrected chi connectivity index (χ1v) is 2.87. The highest BCUT2D eigenvalue weighted by Gasteiger charge is 2.19. The van der Waals surface area contributed by atoms with Crippen LogP contribution < -0.4 is 0 Å². The number of allylic oxidation sites excluding steroid dienone is 1. The number of ether oxygens (including phenoxy) is 1. The van der Waals surface area contributed by atoms with Gasteiger partial charge in [-0.2, -0.15) is 0 Å². The Morgan fingerprint density at radius 1 is 1.67 bits per heavy atom. The second kappa shape index (κ2) is 2.37. The van der Waals surface area contributed by atoms with Crippen LogP contribution in [0.4, 0.5) is 0 Å². The second-order valence-electron chi connectivity index (χ2n) is 2.15. The molecule has 0 aromatic rings. The molecule has 52 valence electrons. The number of hydrogen-bond donors (Lipinski definition) is 2. The molecule has 3 heteroatoms. The van der Waals surface area contributed by atoms with Crippen LogP contribution >= 0.6 is 0 Å². The van der Waals surface area contributed by atoms with Gasteiger partial charge >= 0.3 is 0 Å². The fourth-order valence-electron chi connectivity index (χ4n) is 0.715. The molecule has 1 rings (SSSR count). The van der Waals surface area contributed by atoms with E-state index in [1.54, 1.807) is 6.92 Å². The minimum absolute atomic E-state index is 0.198. The topological polar surface area (TPSA) is 49.7 Å². The van der Waals surface area contributed by atoms with Gasteiger partial charge in [-0.25, -0.2) is 0 Å². The molecule has 1 heterocycles. The highest BCUT2D eigenvalue weighted by atomic mass is 16.5. The zero-order chi connectivity index (χ0) is 6.85. The second-order valence-corrected chi connectivity index (χ2v) is 2.15. The van der Waals surface area contributed by atoms with E-state index in [1.165, 1.54) is 6.08 Å². The van der Waals surface area contributed by atoms with Crippen molar-refractivity contribution in [1.29, 1.82) is 0 Å². The molecule has 1 aliphatic rings. The van der Waals surface area contributed by atoms with Crippen molar-refractivity contribution in [3.8, 4) is 0 Å². The third-order valence-corrected chi connectivity index (χ3v) is 1.28. The lowest BCUT2D eigenvalue weighted by molar-refractivity contribution is -0.0196. The molecule has 0 fully saturated rings. The average Bonchev–Trinajstić information content (AvgIpc) is 1.80. The first kappa shape index (κ1) is 6.58. The predicted octanol–water partition coefficient (Wildman–Crippen LogP) is -0.358. The molecule has 2 atom stereocenters. The summed E-state index contributed by atoms with van der Waals surface area (Å²) in [5.41, 5.74) is 0. The molecule has 1 aliphatic heterocycles. The first-order valence-electron chi connectivity index (χ1n) is 2.87. The van der Waals surface area contributed by atoms with E-state index in [0.717, 1.165) is 0 Å². The molecule has 1 unspecified atom stereocenters. The lowest BCUT2D eigenvalue weighted by Gasteiger charge is -2.21. The molecule has 3 nitrogen and oxygen atoms in total. The third kappa shape index (κ3) is 1.43. The number of hydrogen-bond acceptors (Lipinski definition) is 3.